The number of thiazole rings is 1. The minimum atomic E-state index is -4.67. The van der Waals surface area contributed by atoms with Crippen molar-refractivity contribution in [2.75, 3.05) is 13.1 Å². The lowest BCUT2D eigenvalue weighted by molar-refractivity contribution is -0.157. The molecule has 10 heteroatoms. The Kier molecular flexibility index (Phi) is 4.14. The number of likely N-dealkylation sites (tertiary alicyclic amines) is 1. The van der Waals surface area contributed by atoms with Crippen LogP contribution in [0.4, 0.5) is 13.2 Å². The van der Waals surface area contributed by atoms with Crippen molar-refractivity contribution in [3.63, 3.8) is 0 Å². The van der Waals surface area contributed by atoms with Gasteiger partial charge in [-0.1, -0.05) is 0 Å². The van der Waals surface area contributed by atoms with E-state index in [-0.39, 0.29) is 18.3 Å². The number of piperidine rings is 1. The molecule has 1 saturated heterocycles. The number of hydrogen-bond acceptors (Lipinski definition) is 6. The van der Waals surface area contributed by atoms with E-state index in [9.17, 15) is 18.0 Å². The fraction of sp³-hybridized carbons (Fsp3) is 0.375. The van der Waals surface area contributed by atoms with Crippen molar-refractivity contribution >= 4 is 27.5 Å². The maximum Gasteiger partial charge on any atom is 0.470 e. The first kappa shape index (κ1) is 17.0. The van der Waals surface area contributed by atoms with Crippen LogP contribution in [0.15, 0.2) is 28.1 Å². The third-order valence-electron chi connectivity index (χ3n) is 4.32. The highest BCUT2D eigenvalue weighted by atomic mass is 32.1. The van der Waals surface area contributed by atoms with E-state index >= 15 is 0 Å². The summed E-state index contributed by atoms with van der Waals surface area (Å²) in [5, 5.41) is 6.59. The number of carbonyl (C=O) groups is 1. The average molecular weight is 382 g/mol. The Morgan fingerprint density at radius 2 is 2.15 bits per heavy atom. The summed E-state index contributed by atoms with van der Waals surface area (Å²) in [4.78, 5) is 18.6. The molecule has 1 aliphatic rings. The van der Waals surface area contributed by atoms with Crippen molar-refractivity contribution in [1.82, 2.24) is 20.1 Å². The highest BCUT2D eigenvalue weighted by molar-refractivity contribution is 7.16. The van der Waals surface area contributed by atoms with Crippen LogP contribution in [-0.2, 0) is 6.18 Å². The number of aromatic nitrogens is 3. The topological polar surface area (TPSA) is 72.1 Å². The molecule has 136 valence electrons. The molecule has 1 unspecified atom stereocenters. The molecule has 3 heterocycles. The summed E-state index contributed by atoms with van der Waals surface area (Å²) in [5.41, 5.74) is 3.07. The first-order valence-electron chi connectivity index (χ1n) is 7.95. The van der Waals surface area contributed by atoms with Crippen molar-refractivity contribution in [3.05, 3.63) is 41.1 Å². The molecule has 1 atom stereocenters. The molecule has 0 aliphatic carbocycles. The fourth-order valence-corrected chi connectivity index (χ4v) is 3.76. The lowest BCUT2D eigenvalue weighted by atomic mass is 9.97. The molecule has 1 amide bonds. The van der Waals surface area contributed by atoms with Gasteiger partial charge in [0, 0.05) is 18.7 Å². The molecule has 26 heavy (non-hydrogen) atoms. The number of amides is 1. The Labute approximate surface area is 149 Å². The molecule has 0 bridgehead atoms. The lowest BCUT2D eigenvalue weighted by Gasteiger charge is -2.31. The van der Waals surface area contributed by atoms with Crippen molar-refractivity contribution in [1.29, 1.82) is 0 Å². The Hall–Kier alpha value is -2.49. The predicted octanol–water partition coefficient (Wildman–Crippen LogP) is 3.72. The summed E-state index contributed by atoms with van der Waals surface area (Å²) in [7, 11) is 0. The highest BCUT2D eigenvalue weighted by Crippen LogP contribution is 2.32. The molecule has 1 aliphatic heterocycles. The molecule has 1 fully saturated rings. The van der Waals surface area contributed by atoms with Gasteiger partial charge in [0.2, 0.25) is 5.89 Å². The van der Waals surface area contributed by atoms with E-state index in [2.05, 4.69) is 15.2 Å². The summed E-state index contributed by atoms with van der Waals surface area (Å²) in [6.45, 7) is 0.787. The van der Waals surface area contributed by atoms with Gasteiger partial charge in [0.25, 0.3) is 5.91 Å². The number of halogens is 3. The van der Waals surface area contributed by atoms with Gasteiger partial charge in [-0.25, -0.2) is 4.98 Å². The van der Waals surface area contributed by atoms with E-state index in [1.54, 1.807) is 28.6 Å². The van der Waals surface area contributed by atoms with E-state index in [0.29, 0.717) is 24.9 Å². The van der Waals surface area contributed by atoms with Crippen molar-refractivity contribution in [2.45, 2.75) is 24.9 Å². The Bertz CT molecular complexity index is 952. The number of fused-ring (bicyclic) bond motifs is 1. The number of rotatable bonds is 2. The van der Waals surface area contributed by atoms with Gasteiger partial charge >= 0.3 is 12.1 Å². The van der Waals surface area contributed by atoms with Crippen LogP contribution in [0.5, 0.6) is 0 Å². The second-order valence-electron chi connectivity index (χ2n) is 6.07. The minimum Gasteiger partial charge on any atom is -0.417 e. The molecule has 3 aromatic rings. The average Bonchev–Trinajstić information content (AvgIpc) is 3.29. The molecule has 0 spiro atoms. The second-order valence-corrected chi connectivity index (χ2v) is 6.95. The van der Waals surface area contributed by atoms with Crippen molar-refractivity contribution in [3.8, 4) is 0 Å². The van der Waals surface area contributed by atoms with Gasteiger partial charge in [-0.05, 0) is 31.0 Å². The summed E-state index contributed by atoms with van der Waals surface area (Å²) < 4.78 is 43.6. The SMILES string of the molecule is O=C(c1ccc2ncsc2c1)N1CCCC(c2nnc(C(F)(F)F)o2)C1. The number of alkyl halides is 3. The van der Waals surface area contributed by atoms with E-state index in [4.69, 9.17) is 4.42 Å². The molecule has 2 aromatic heterocycles. The smallest absolute Gasteiger partial charge is 0.417 e. The van der Waals surface area contributed by atoms with Crippen LogP contribution in [-0.4, -0.2) is 39.1 Å². The maximum absolute atomic E-state index is 12.8. The van der Waals surface area contributed by atoms with Crippen LogP contribution in [0.2, 0.25) is 0 Å². The van der Waals surface area contributed by atoms with Crippen LogP contribution >= 0.6 is 11.3 Å². The Morgan fingerprint density at radius 3 is 2.92 bits per heavy atom. The third-order valence-corrected chi connectivity index (χ3v) is 5.11. The number of hydrogen-bond donors (Lipinski definition) is 0. The van der Waals surface area contributed by atoms with Crippen LogP contribution < -0.4 is 0 Å². The summed E-state index contributed by atoms with van der Waals surface area (Å²) in [6, 6.07) is 5.28. The minimum absolute atomic E-state index is 0.0762. The molecule has 1 aromatic carbocycles. The van der Waals surface area contributed by atoms with Gasteiger partial charge < -0.3 is 9.32 Å². The van der Waals surface area contributed by atoms with E-state index < -0.39 is 18.0 Å². The molecule has 0 N–H and O–H groups in total. The summed E-state index contributed by atoms with van der Waals surface area (Å²) in [5.74, 6) is -2.00. The summed E-state index contributed by atoms with van der Waals surface area (Å²) in [6.07, 6.45) is -3.42. The monoisotopic (exact) mass is 382 g/mol. The Balaban J connectivity index is 1.52. The Morgan fingerprint density at radius 1 is 1.31 bits per heavy atom. The van der Waals surface area contributed by atoms with Gasteiger partial charge in [0.1, 0.15) is 0 Å². The van der Waals surface area contributed by atoms with Gasteiger partial charge in [0.15, 0.2) is 0 Å². The number of carbonyl (C=O) groups excluding carboxylic acids is 1. The summed E-state index contributed by atoms with van der Waals surface area (Å²) >= 11 is 1.45. The highest BCUT2D eigenvalue weighted by Gasteiger charge is 2.39. The van der Waals surface area contributed by atoms with Gasteiger partial charge in [-0.15, -0.1) is 21.5 Å². The zero-order chi connectivity index (χ0) is 18.3. The van der Waals surface area contributed by atoms with Gasteiger partial charge in [-0.2, -0.15) is 13.2 Å². The molecule has 4 rings (SSSR count). The first-order valence-corrected chi connectivity index (χ1v) is 8.83. The van der Waals surface area contributed by atoms with Crippen molar-refractivity contribution < 1.29 is 22.4 Å². The van der Waals surface area contributed by atoms with Gasteiger partial charge in [0.05, 0.1) is 21.6 Å². The molecular weight excluding hydrogens is 369 g/mol. The second kappa shape index (κ2) is 6.35. The zero-order valence-electron chi connectivity index (χ0n) is 13.4. The predicted molar refractivity (Wildman–Crippen MR) is 86.8 cm³/mol. The van der Waals surface area contributed by atoms with E-state index in [1.165, 1.54) is 11.3 Å². The largest absolute Gasteiger partial charge is 0.470 e. The standard InChI is InChI=1S/C16H13F3N4O2S/c17-16(18,19)15-22-21-13(25-15)10-2-1-5-23(7-10)14(24)9-3-4-11-12(6-9)26-8-20-11/h3-4,6,8,10H,1-2,5,7H2. The molecule has 0 radical (unpaired) electrons. The van der Waals surface area contributed by atoms with Gasteiger partial charge in [-0.3, -0.25) is 4.79 Å². The number of benzene rings is 1. The molecule has 0 saturated carbocycles. The van der Waals surface area contributed by atoms with Crippen LogP contribution in [0, 0.1) is 0 Å². The fourth-order valence-electron chi connectivity index (χ4n) is 3.05. The van der Waals surface area contributed by atoms with E-state index in [1.807, 2.05) is 0 Å². The number of nitrogens with zero attached hydrogens (tertiary/aromatic N) is 4. The third kappa shape index (κ3) is 3.16. The quantitative estimate of drug-likeness (QED) is 0.676. The molecular formula is C16H13F3N4O2S. The molecule has 6 nitrogen and oxygen atoms in total. The maximum atomic E-state index is 12.8. The van der Waals surface area contributed by atoms with Crippen LogP contribution in [0.3, 0.4) is 0 Å². The lowest BCUT2D eigenvalue weighted by Crippen LogP contribution is -2.39. The van der Waals surface area contributed by atoms with Crippen LogP contribution in [0.1, 0.15) is 40.9 Å². The van der Waals surface area contributed by atoms with Crippen molar-refractivity contribution in [2.24, 2.45) is 0 Å². The normalized spacial score (nSPS) is 18.4. The zero-order valence-corrected chi connectivity index (χ0v) is 14.2. The first-order chi connectivity index (χ1) is 12.4. The van der Waals surface area contributed by atoms with E-state index in [0.717, 1.165) is 10.2 Å². The van der Waals surface area contributed by atoms with Crippen LogP contribution in [0.25, 0.3) is 10.2 Å².